The van der Waals surface area contributed by atoms with Gasteiger partial charge in [-0.1, -0.05) is 38.8 Å². The number of aliphatic hydroxyl groups is 3. The number of hydrogen-bond acceptors (Lipinski definition) is 7. The summed E-state index contributed by atoms with van der Waals surface area (Å²) in [5.74, 6) is 0.633. The van der Waals surface area contributed by atoms with Gasteiger partial charge in [-0.15, -0.1) is 0 Å². The van der Waals surface area contributed by atoms with E-state index in [0.29, 0.717) is 5.75 Å². The normalized spacial score (nSPS) is 11.3. The Morgan fingerprint density at radius 3 is 1.92 bits per heavy atom. The van der Waals surface area contributed by atoms with Gasteiger partial charge in [-0.05, 0) is 42.9 Å². The number of nitrogens with two attached hydrogens (primary N) is 1. The van der Waals surface area contributed by atoms with Gasteiger partial charge >= 0.3 is 8.60 Å². The second-order valence-electron chi connectivity index (χ2n) is 6.28. The molecule has 0 saturated carbocycles. The highest BCUT2D eigenvalue weighted by Crippen LogP contribution is 2.34. The topological polar surface area (TPSA) is 136 Å². The van der Waals surface area contributed by atoms with Crippen LogP contribution in [0.1, 0.15) is 50.7 Å². The zero-order valence-corrected chi connectivity index (χ0v) is 16.7. The largest absolute Gasteiger partial charge is 0.427 e. The van der Waals surface area contributed by atoms with E-state index in [4.69, 9.17) is 35.4 Å². The third-order valence-electron chi connectivity index (χ3n) is 3.93. The molecule has 0 spiro atoms. The number of benzene rings is 1. The van der Waals surface area contributed by atoms with Crippen LogP contribution in [0.2, 0.25) is 0 Å². The van der Waals surface area contributed by atoms with E-state index in [1.807, 2.05) is 12.1 Å². The van der Waals surface area contributed by atoms with E-state index in [1.165, 1.54) is 5.56 Å². The Bertz CT molecular complexity index is 474. The molecule has 0 aliphatic heterocycles. The van der Waals surface area contributed by atoms with Gasteiger partial charge in [-0.25, -0.2) is 0 Å². The van der Waals surface area contributed by atoms with Crippen molar-refractivity contribution >= 4 is 8.60 Å². The van der Waals surface area contributed by atoms with E-state index >= 15 is 0 Å². The van der Waals surface area contributed by atoms with Crippen LogP contribution in [-0.4, -0.2) is 50.5 Å². The van der Waals surface area contributed by atoms with E-state index in [1.54, 1.807) is 0 Å². The maximum Gasteiger partial charge on any atom is 0.391 e. The summed E-state index contributed by atoms with van der Waals surface area (Å²) in [5.41, 5.74) is 6.36. The summed E-state index contributed by atoms with van der Waals surface area (Å²) in [6.07, 6.45) is 6.49. The molecule has 0 aliphatic rings. The lowest BCUT2D eigenvalue weighted by atomic mass is 9.97. The number of aryl methyl sites for hydroxylation is 1. The first-order valence-electron chi connectivity index (χ1n) is 8.95. The molecule has 0 unspecified atom stereocenters. The zero-order chi connectivity index (χ0) is 20.0. The van der Waals surface area contributed by atoms with Crippen molar-refractivity contribution < 1.29 is 29.6 Å². The first kappa shape index (κ1) is 25.2. The van der Waals surface area contributed by atoms with E-state index in [9.17, 15) is 0 Å². The molecule has 0 aromatic heterocycles. The highest BCUT2D eigenvalue weighted by Gasteiger charge is 2.20. The Labute approximate surface area is 157 Å². The fourth-order valence-electron chi connectivity index (χ4n) is 2.17. The molecule has 0 aliphatic carbocycles. The molecule has 0 heterocycles. The third-order valence-corrected chi connectivity index (χ3v) is 4.29. The van der Waals surface area contributed by atoms with Crippen molar-refractivity contribution in [3.63, 3.8) is 0 Å². The van der Waals surface area contributed by atoms with Crippen LogP contribution in [0.15, 0.2) is 18.2 Å². The smallest absolute Gasteiger partial charge is 0.391 e. The maximum absolute atomic E-state index is 9.02. The Balaban J connectivity index is 0.000000660. The third kappa shape index (κ3) is 9.78. The zero-order valence-electron chi connectivity index (χ0n) is 15.8. The lowest BCUT2D eigenvalue weighted by Gasteiger charge is -2.20. The Morgan fingerprint density at radius 1 is 0.962 bits per heavy atom. The predicted octanol–water partition coefficient (Wildman–Crippen LogP) is 1.62. The molecule has 1 rings (SSSR count). The van der Waals surface area contributed by atoms with Crippen LogP contribution in [0, 0.1) is 0 Å². The van der Waals surface area contributed by atoms with Crippen molar-refractivity contribution in [2.45, 2.75) is 57.9 Å². The average Bonchev–Trinajstić information content (AvgIpc) is 2.65. The summed E-state index contributed by atoms with van der Waals surface area (Å²) < 4.78 is 5.14. The van der Waals surface area contributed by atoms with E-state index in [0.717, 1.165) is 44.1 Å². The lowest BCUT2D eigenvalue weighted by molar-refractivity contribution is 0.0697. The summed E-state index contributed by atoms with van der Waals surface area (Å²) in [7, 11) is -2.33. The molecule has 7 N–H and O–H groups in total. The molecule has 152 valence electrons. The monoisotopic (exact) mass is 391 g/mol. The number of rotatable bonds is 11. The molecule has 1 aromatic carbocycles. The molecule has 0 bridgehead atoms. The van der Waals surface area contributed by atoms with Gasteiger partial charge in [0, 0.05) is 0 Å². The van der Waals surface area contributed by atoms with Crippen LogP contribution < -0.4 is 10.3 Å². The van der Waals surface area contributed by atoms with E-state index < -0.39 is 34.0 Å². The SMILES string of the molecule is CCCCc1cccc(OP(O)O)c1CCCC.NC(CO)(CO)CO. The van der Waals surface area contributed by atoms with Gasteiger partial charge in [-0.3, -0.25) is 0 Å². The molecule has 0 amide bonds. The highest BCUT2D eigenvalue weighted by molar-refractivity contribution is 7.39. The molecule has 0 atom stereocenters. The van der Waals surface area contributed by atoms with Gasteiger partial charge in [-0.2, -0.15) is 0 Å². The predicted molar refractivity (Wildman–Crippen MR) is 104 cm³/mol. The van der Waals surface area contributed by atoms with Gasteiger partial charge in [0.2, 0.25) is 0 Å². The summed E-state index contributed by atoms with van der Waals surface area (Å²) in [6.45, 7) is 3.12. The lowest BCUT2D eigenvalue weighted by Crippen LogP contribution is -2.50. The Hall–Kier alpha value is -0.790. The first-order valence-corrected chi connectivity index (χ1v) is 10.1. The molecule has 7 nitrogen and oxygen atoms in total. The average molecular weight is 391 g/mol. The van der Waals surface area contributed by atoms with E-state index in [-0.39, 0.29) is 0 Å². The summed E-state index contributed by atoms with van der Waals surface area (Å²) in [6, 6.07) is 5.86. The van der Waals surface area contributed by atoms with Crippen molar-refractivity contribution in [1.29, 1.82) is 0 Å². The summed E-state index contributed by atoms with van der Waals surface area (Å²) in [5, 5.41) is 25.0. The van der Waals surface area contributed by atoms with Crippen molar-refractivity contribution in [2.75, 3.05) is 19.8 Å². The van der Waals surface area contributed by atoms with Crippen molar-refractivity contribution in [3.05, 3.63) is 29.3 Å². The van der Waals surface area contributed by atoms with Crippen molar-refractivity contribution in [1.82, 2.24) is 0 Å². The Kier molecular flexibility index (Phi) is 13.9. The van der Waals surface area contributed by atoms with Crippen LogP contribution in [0.4, 0.5) is 0 Å². The standard InChI is InChI=1S/C14H23O3P.C4H11NO3/c1-3-5-8-12-9-7-11-14(17-18(15)16)13(12)10-6-4-2;5-4(1-6,2-7)3-8/h7,9,11,15-16H,3-6,8,10H2,1-2H3;6-8H,1-3,5H2. The molecule has 1 aromatic rings. The number of aliphatic hydroxyl groups excluding tert-OH is 3. The second kappa shape index (κ2) is 14.3. The fraction of sp³-hybridized carbons (Fsp3) is 0.667. The maximum atomic E-state index is 9.02. The van der Waals surface area contributed by atoms with Gasteiger partial charge in [0.05, 0.1) is 25.4 Å². The van der Waals surface area contributed by atoms with Gasteiger partial charge in [0.1, 0.15) is 5.75 Å². The van der Waals surface area contributed by atoms with Crippen LogP contribution in [0.25, 0.3) is 0 Å². The number of unbranched alkanes of at least 4 members (excludes halogenated alkanes) is 2. The molecular weight excluding hydrogens is 357 g/mol. The molecule has 8 heteroatoms. The van der Waals surface area contributed by atoms with Gasteiger partial charge in [0.25, 0.3) is 0 Å². The fourth-order valence-corrected chi connectivity index (χ4v) is 2.52. The van der Waals surface area contributed by atoms with Gasteiger partial charge in [0.15, 0.2) is 0 Å². The minimum atomic E-state index is -2.33. The Morgan fingerprint density at radius 2 is 1.50 bits per heavy atom. The molecule has 0 radical (unpaired) electrons. The van der Waals surface area contributed by atoms with Gasteiger partial charge < -0.3 is 35.4 Å². The molecule has 0 fully saturated rings. The van der Waals surface area contributed by atoms with Crippen LogP contribution in [-0.2, 0) is 12.8 Å². The highest BCUT2D eigenvalue weighted by atomic mass is 31.2. The molecular formula is C18H34NO6P. The summed E-state index contributed by atoms with van der Waals surface area (Å²) in [4.78, 5) is 18.0. The van der Waals surface area contributed by atoms with Crippen molar-refractivity contribution in [3.8, 4) is 5.75 Å². The number of hydrogen-bond donors (Lipinski definition) is 6. The van der Waals surface area contributed by atoms with E-state index in [2.05, 4.69) is 19.9 Å². The first-order chi connectivity index (χ1) is 12.4. The van der Waals surface area contributed by atoms with Crippen LogP contribution in [0.5, 0.6) is 5.75 Å². The minimum absolute atomic E-state index is 0.403. The van der Waals surface area contributed by atoms with Crippen LogP contribution >= 0.6 is 8.60 Å². The summed E-state index contributed by atoms with van der Waals surface area (Å²) >= 11 is 0. The minimum Gasteiger partial charge on any atom is -0.427 e. The molecule has 26 heavy (non-hydrogen) atoms. The quantitative estimate of drug-likeness (QED) is 0.315. The van der Waals surface area contributed by atoms with Crippen molar-refractivity contribution in [2.24, 2.45) is 5.73 Å². The molecule has 0 saturated heterocycles. The van der Waals surface area contributed by atoms with Crippen LogP contribution in [0.3, 0.4) is 0 Å². The second-order valence-corrected chi connectivity index (χ2v) is 6.97.